The van der Waals surface area contributed by atoms with Crippen LogP contribution in [0.25, 0.3) is 0 Å². The minimum Gasteiger partial charge on any atom is -0.497 e. The van der Waals surface area contributed by atoms with Gasteiger partial charge in [-0.25, -0.2) is 4.79 Å². The van der Waals surface area contributed by atoms with E-state index in [1.807, 2.05) is 42.5 Å². The second-order valence-electron chi connectivity index (χ2n) is 5.41. The number of urea groups is 1. The lowest BCUT2D eigenvalue weighted by Gasteiger charge is -2.09. The monoisotopic (exact) mass is 362 g/mol. The van der Waals surface area contributed by atoms with Crippen LogP contribution in [0, 0.1) is 0 Å². The molecule has 0 unspecified atom stereocenters. The van der Waals surface area contributed by atoms with Crippen molar-refractivity contribution >= 4 is 17.6 Å². The number of carbonyl (C=O) groups excluding carboxylic acids is 1. The molecule has 0 aliphatic carbocycles. The summed E-state index contributed by atoms with van der Waals surface area (Å²) in [6.07, 6.45) is 1.48. The first-order chi connectivity index (χ1) is 12.2. The molecule has 0 saturated heterocycles. The van der Waals surface area contributed by atoms with Crippen LogP contribution in [0.1, 0.15) is 12.0 Å². The summed E-state index contributed by atoms with van der Waals surface area (Å²) in [6.45, 7) is 1.61. The molecule has 5 nitrogen and oxygen atoms in total. The summed E-state index contributed by atoms with van der Waals surface area (Å²) >= 11 is 6.00. The van der Waals surface area contributed by atoms with Crippen LogP contribution in [0.15, 0.2) is 48.5 Å². The number of benzene rings is 2. The molecule has 0 aromatic heterocycles. The minimum absolute atomic E-state index is 0.175. The minimum atomic E-state index is -0.175. The van der Waals surface area contributed by atoms with E-state index in [0.29, 0.717) is 36.9 Å². The van der Waals surface area contributed by atoms with Gasteiger partial charge in [-0.05, 0) is 42.7 Å². The van der Waals surface area contributed by atoms with Gasteiger partial charge in [0.15, 0.2) is 0 Å². The third-order valence-electron chi connectivity index (χ3n) is 3.56. The van der Waals surface area contributed by atoms with Crippen LogP contribution < -0.4 is 20.1 Å². The highest BCUT2D eigenvalue weighted by Gasteiger charge is 2.02. The summed E-state index contributed by atoms with van der Waals surface area (Å²) in [5, 5.41) is 6.23. The Balaban J connectivity index is 1.54. The lowest BCUT2D eigenvalue weighted by atomic mass is 10.1. The molecule has 0 heterocycles. The number of methoxy groups -OCH3 is 1. The summed E-state index contributed by atoms with van der Waals surface area (Å²) in [7, 11) is 1.64. The van der Waals surface area contributed by atoms with Crippen molar-refractivity contribution in [2.24, 2.45) is 0 Å². The molecule has 2 rings (SSSR count). The average molecular weight is 363 g/mol. The summed E-state index contributed by atoms with van der Waals surface area (Å²) in [4.78, 5) is 11.7. The van der Waals surface area contributed by atoms with Gasteiger partial charge in [-0.1, -0.05) is 35.9 Å². The predicted molar refractivity (Wildman–Crippen MR) is 99.7 cm³/mol. The molecule has 0 saturated carbocycles. The van der Waals surface area contributed by atoms with Crippen molar-refractivity contribution in [2.75, 3.05) is 26.8 Å². The number of halogens is 1. The number of hydrogen-bond donors (Lipinski definition) is 2. The molecule has 0 aliphatic heterocycles. The van der Waals surface area contributed by atoms with E-state index in [4.69, 9.17) is 21.1 Å². The maximum Gasteiger partial charge on any atom is 0.314 e. The molecule has 2 aromatic rings. The summed E-state index contributed by atoms with van der Waals surface area (Å²) in [6, 6.07) is 15.0. The summed E-state index contributed by atoms with van der Waals surface area (Å²) in [5.41, 5.74) is 1.15. The third-order valence-corrected chi connectivity index (χ3v) is 3.87. The molecule has 0 radical (unpaired) electrons. The van der Waals surface area contributed by atoms with Crippen molar-refractivity contribution in [3.05, 3.63) is 59.1 Å². The summed E-state index contributed by atoms with van der Waals surface area (Å²) in [5.74, 6) is 1.49. The van der Waals surface area contributed by atoms with Crippen molar-refractivity contribution in [1.82, 2.24) is 10.6 Å². The average Bonchev–Trinajstić information content (AvgIpc) is 2.63. The fourth-order valence-electron chi connectivity index (χ4n) is 2.19. The van der Waals surface area contributed by atoms with E-state index in [0.717, 1.165) is 17.7 Å². The van der Waals surface area contributed by atoms with Crippen LogP contribution in [-0.2, 0) is 6.42 Å². The van der Waals surface area contributed by atoms with E-state index in [9.17, 15) is 4.79 Å². The van der Waals surface area contributed by atoms with Gasteiger partial charge in [0.1, 0.15) is 11.5 Å². The smallest absolute Gasteiger partial charge is 0.314 e. The van der Waals surface area contributed by atoms with E-state index in [1.54, 1.807) is 13.2 Å². The molecule has 2 amide bonds. The summed E-state index contributed by atoms with van der Waals surface area (Å²) < 4.78 is 10.7. The van der Waals surface area contributed by atoms with E-state index >= 15 is 0 Å². The molecule has 134 valence electrons. The van der Waals surface area contributed by atoms with Crippen LogP contribution in [0.2, 0.25) is 5.02 Å². The van der Waals surface area contributed by atoms with Gasteiger partial charge in [-0.3, -0.25) is 0 Å². The lowest BCUT2D eigenvalue weighted by Crippen LogP contribution is -2.37. The van der Waals surface area contributed by atoms with Crippen molar-refractivity contribution in [2.45, 2.75) is 12.8 Å². The molecule has 6 heteroatoms. The number of ether oxygens (including phenoxy) is 2. The highest BCUT2D eigenvalue weighted by atomic mass is 35.5. The second-order valence-corrected chi connectivity index (χ2v) is 5.82. The van der Waals surface area contributed by atoms with Crippen LogP contribution in [0.3, 0.4) is 0 Å². The van der Waals surface area contributed by atoms with Gasteiger partial charge >= 0.3 is 6.03 Å². The van der Waals surface area contributed by atoms with Gasteiger partial charge in [0.05, 0.1) is 18.7 Å². The Kier molecular flexibility index (Phi) is 7.92. The molecule has 0 bridgehead atoms. The maximum absolute atomic E-state index is 11.7. The molecular weight excluding hydrogens is 340 g/mol. The van der Waals surface area contributed by atoms with Gasteiger partial charge in [0, 0.05) is 13.1 Å². The Morgan fingerprint density at radius 1 is 1.04 bits per heavy atom. The zero-order valence-electron chi connectivity index (χ0n) is 14.3. The number of para-hydroxylation sites is 1. The second kappa shape index (κ2) is 10.5. The van der Waals surface area contributed by atoms with Crippen LogP contribution in [-0.4, -0.2) is 32.8 Å². The molecule has 0 fully saturated rings. The predicted octanol–water partition coefficient (Wildman–Crippen LogP) is 3.66. The largest absolute Gasteiger partial charge is 0.497 e. The van der Waals surface area contributed by atoms with Gasteiger partial charge in [-0.2, -0.15) is 0 Å². The molecule has 2 aromatic carbocycles. The molecule has 0 atom stereocenters. The first-order valence-corrected chi connectivity index (χ1v) is 8.59. The maximum atomic E-state index is 11.7. The van der Waals surface area contributed by atoms with Gasteiger partial charge in [0.25, 0.3) is 0 Å². The van der Waals surface area contributed by atoms with Gasteiger partial charge in [-0.15, -0.1) is 0 Å². The standard InChI is InChI=1S/C19H23ClN2O3/c1-24-16-9-7-15(8-10-16)11-13-22-19(23)21-12-4-14-25-18-6-3-2-5-17(18)20/h2-3,5-10H,4,11-14H2,1H3,(H2,21,22,23). The molecule has 0 aliphatic rings. The Hall–Kier alpha value is -2.40. The Labute approximate surface area is 153 Å². The first-order valence-electron chi connectivity index (χ1n) is 8.21. The highest BCUT2D eigenvalue weighted by Crippen LogP contribution is 2.22. The highest BCUT2D eigenvalue weighted by molar-refractivity contribution is 6.32. The van der Waals surface area contributed by atoms with Crippen molar-refractivity contribution < 1.29 is 14.3 Å². The first kappa shape index (κ1) is 18.9. The van der Waals surface area contributed by atoms with Gasteiger partial charge < -0.3 is 20.1 Å². The van der Waals surface area contributed by atoms with Crippen molar-refractivity contribution in [1.29, 1.82) is 0 Å². The van der Waals surface area contributed by atoms with Crippen LogP contribution in [0.4, 0.5) is 4.79 Å². The van der Waals surface area contributed by atoms with E-state index in [2.05, 4.69) is 10.6 Å². The number of hydrogen-bond acceptors (Lipinski definition) is 3. The molecule has 0 spiro atoms. The fourth-order valence-corrected chi connectivity index (χ4v) is 2.38. The lowest BCUT2D eigenvalue weighted by molar-refractivity contribution is 0.239. The van der Waals surface area contributed by atoms with Crippen molar-refractivity contribution in [3.63, 3.8) is 0 Å². The van der Waals surface area contributed by atoms with E-state index in [1.165, 1.54) is 0 Å². The normalized spacial score (nSPS) is 10.2. The zero-order chi connectivity index (χ0) is 17.9. The van der Waals surface area contributed by atoms with Crippen LogP contribution >= 0.6 is 11.6 Å². The number of amides is 2. The quantitative estimate of drug-likeness (QED) is 0.669. The fraction of sp³-hybridized carbons (Fsp3) is 0.316. The SMILES string of the molecule is COc1ccc(CCNC(=O)NCCCOc2ccccc2Cl)cc1. The van der Waals surface area contributed by atoms with E-state index in [-0.39, 0.29) is 6.03 Å². The van der Waals surface area contributed by atoms with Gasteiger partial charge in [0.2, 0.25) is 0 Å². The third kappa shape index (κ3) is 6.93. The number of carbonyl (C=O) groups is 1. The Bertz CT molecular complexity index is 662. The number of nitrogens with one attached hydrogen (secondary N) is 2. The van der Waals surface area contributed by atoms with E-state index < -0.39 is 0 Å². The van der Waals surface area contributed by atoms with Crippen molar-refractivity contribution in [3.8, 4) is 11.5 Å². The Morgan fingerprint density at radius 2 is 1.76 bits per heavy atom. The topological polar surface area (TPSA) is 59.6 Å². The van der Waals surface area contributed by atoms with Crippen LogP contribution in [0.5, 0.6) is 11.5 Å². The molecule has 25 heavy (non-hydrogen) atoms. The molecular formula is C19H23ClN2O3. The Morgan fingerprint density at radius 3 is 2.48 bits per heavy atom. The number of rotatable bonds is 9. The molecule has 2 N–H and O–H groups in total. The zero-order valence-corrected chi connectivity index (χ0v) is 15.0.